The normalized spacial score (nSPS) is 30.9. The van der Waals surface area contributed by atoms with Crippen molar-refractivity contribution in [1.82, 2.24) is 5.32 Å². The van der Waals surface area contributed by atoms with Gasteiger partial charge in [0.15, 0.2) is 5.79 Å². The summed E-state index contributed by atoms with van der Waals surface area (Å²) in [6.07, 6.45) is 0.377. The van der Waals surface area contributed by atoms with Gasteiger partial charge in [0.2, 0.25) is 6.41 Å². The predicted octanol–water partition coefficient (Wildman–Crippen LogP) is 0.868. The maximum atomic E-state index is 10.3. The van der Waals surface area contributed by atoms with Crippen molar-refractivity contribution in [3.8, 4) is 0 Å². The Morgan fingerprint density at radius 1 is 1.38 bits per heavy atom. The number of amides is 1. The van der Waals surface area contributed by atoms with Gasteiger partial charge in [0.1, 0.15) is 6.23 Å². The molecule has 0 spiro atoms. The number of ether oxygens (including phenoxy) is 2. The van der Waals surface area contributed by atoms with Crippen LogP contribution in [0.4, 0.5) is 0 Å². The lowest BCUT2D eigenvalue weighted by molar-refractivity contribution is -0.316. The van der Waals surface area contributed by atoms with Crippen LogP contribution in [0.2, 0.25) is 0 Å². The van der Waals surface area contributed by atoms with Gasteiger partial charge in [-0.15, -0.1) is 0 Å². The Labute approximate surface area is 78.6 Å². The van der Waals surface area contributed by atoms with Gasteiger partial charge in [0, 0.05) is 5.41 Å². The lowest BCUT2D eigenvalue weighted by atomic mass is 9.91. The van der Waals surface area contributed by atoms with E-state index in [4.69, 9.17) is 9.47 Å². The van der Waals surface area contributed by atoms with Crippen LogP contribution in [0.1, 0.15) is 27.7 Å². The number of carbonyl (C=O) groups excluding carboxylic acids is 1. The van der Waals surface area contributed by atoms with E-state index >= 15 is 0 Å². The second-order valence-electron chi connectivity index (χ2n) is 4.46. The molecule has 1 fully saturated rings. The van der Waals surface area contributed by atoms with Gasteiger partial charge in [-0.2, -0.15) is 0 Å². The molecule has 0 aromatic heterocycles. The Morgan fingerprint density at radius 3 is 2.54 bits per heavy atom. The molecule has 1 aliphatic heterocycles. The minimum atomic E-state index is -0.615. The molecule has 0 bridgehead atoms. The third kappa shape index (κ3) is 2.42. The largest absolute Gasteiger partial charge is 0.350 e. The van der Waals surface area contributed by atoms with E-state index in [1.807, 2.05) is 27.7 Å². The van der Waals surface area contributed by atoms with Crippen LogP contribution in [0, 0.1) is 5.41 Å². The minimum absolute atomic E-state index is 0.184. The molecule has 0 saturated carbocycles. The van der Waals surface area contributed by atoms with Crippen LogP contribution in [0.25, 0.3) is 0 Å². The number of hydrogen-bond donors (Lipinski definition) is 1. The van der Waals surface area contributed by atoms with Gasteiger partial charge in [-0.05, 0) is 13.8 Å². The van der Waals surface area contributed by atoms with Crippen molar-refractivity contribution >= 4 is 6.41 Å². The lowest BCUT2D eigenvalue weighted by Crippen LogP contribution is -2.56. The Morgan fingerprint density at radius 2 is 2.00 bits per heavy atom. The predicted molar refractivity (Wildman–Crippen MR) is 47.9 cm³/mol. The highest BCUT2D eigenvalue weighted by molar-refractivity contribution is 5.46. The first-order chi connectivity index (χ1) is 5.87. The fraction of sp³-hybridized carbons (Fsp3) is 0.889. The molecule has 1 saturated heterocycles. The Hall–Kier alpha value is -0.610. The van der Waals surface area contributed by atoms with E-state index in [2.05, 4.69) is 5.32 Å². The standard InChI is InChI=1S/C9H17NO3/c1-8(2)5-12-9(3,4)13-7(8)10-6-11/h6-7H,5H2,1-4H3,(H,10,11)/t7-/m1/s1. The Balaban J connectivity index is 2.69. The summed E-state index contributed by atoms with van der Waals surface area (Å²) in [5.74, 6) is -0.615. The third-order valence-corrected chi connectivity index (χ3v) is 2.12. The molecular formula is C9H17NO3. The molecule has 1 atom stereocenters. The zero-order valence-electron chi connectivity index (χ0n) is 8.59. The van der Waals surface area contributed by atoms with Crippen molar-refractivity contribution in [3.05, 3.63) is 0 Å². The number of nitrogens with one attached hydrogen (secondary N) is 1. The summed E-state index contributed by atoms with van der Waals surface area (Å²) in [7, 11) is 0. The van der Waals surface area contributed by atoms with E-state index in [1.54, 1.807) is 0 Å². The molecule has 0 aromatic carbocycles. The van der Waals surface area contributed by atoms with E-state index in [-0.39, 0.29) is 11.6 Å². The molecule has 0 unspecified atom stereocenters. The van der Waals surface area contributed by atoms with Crippen LogP contribution < -0.4 is 5.32 Å². The van der Waals surface area contributed by atoms with Crippen molar-refractivity contribution < 1.29 is 14.3 Å². The molecular weight excluding hydrogens is 170 g/mol. The third-order valence-electron chi connectivity index (χ3n) is 2.12. The highest BCUT2D eigenvalue weighted by Gasteiger charge is 2.41. The maximum Gasteiger partial charge on any atom is 0.209 e. The summed E-state index contributed by atoms with van der Waals surface area (Å²) < 4.78 is 11.0. The van der Waals surface area contributed by atoms with E-state index in [0.29, 0.717) is 13.0 Å². The van der Waals surface area contributed by atoms with E-state index in [1.165, 1.54) is 0 Å². The van der Waals surface area contributed by atoms with Crippen LogP contribution in [-0.4, -0.2) is 25.0 Å². The smallest absolute Gasteiger partial charge is 0.209 e. The zero-order chi connectivity index (χ0) is 10.1. The molecule has 13 heavy (non-hydrogen) atoms. The zero-order valence-corrected chi connectivity index (χ0v) is 8.59. The summed E-state index contributed by atoms with van der Waals surface area (Å²) in [5, 5.41) is 2.65. The first-order valence-electron chi connectivity index (χ1n) is 4.39. The van der Waals surface area contributed by atoms with Gasteiger partial charge >= 0.3 is 0 Å². The average molecular weight is 187 g/mol. The quantitative estimate of drug-likeness (QED) is 0.652. The first-order valence-corrected chi connectivity index (χ1v) is 4.39. The molecule has 1 N–H and O–H groups in total. The van der Waals surface area contributed by atoms with Crippen molar-refractivity contribution in [2.75, 3.05) is 6.61 Å². The van der Waals surface area contributed by atoms with Crippen molar-refractivity contribution in [3.63, 3.8) is 0 Å². The molecule has 1 rings (SSSR count). The molecule has 0 radical (unpaired) electrons. The minimum Gasteiger partial charge on any atom is -0.350 e. The summed E-state index contributed by atoms with van der Waals surface area (Å²) in [6, 6.07) is 0. The lowest BCUT2D eigenvalue weighted by Gasteiger charge is -2.45. The molecule has 0 aliphatic carbocycles. The fourth-order valence-corrected chi connectivity index (χ4v) is 1.23. The van der Waals surface area contributed by atoms with E-state index in [0.717, 1.165) is 0 Å². The van der Waals surface area contributed by atoms with Gasteiger partial charge < -0.3 is 14.8 Å². The van der Waals surface area contributed by atoms with Gasteiger partial charge in [0.25, 0.3) is 0 Å². The van der Waals surface area contributed by atoms with Gasteiger partial charge in [-0.25, -0.2) is 0 Å². The van der Waals surface area contributed by atoms with Crippen LogP contribution in [0.5, 0.6) is 0 Å². The molecule has 1 aliphatic rings. The Kier molecular flexibility index (Phi) is 2.63. The summed E-state index contributed by atoms with van der Waals surface area (Å²) in [4.78, 5) is 10.3. The molecule has 1 amide bonds. The first kappa shape index (κ1) is 10.5. The van der Waals surface area contributed by atoms with E-state index in [9.17, 15) is 4.79 Å². The molecule has 4 nitrogen and oxygen atoms in total. The SMILES string of the molecule is CC1(C)OCC(C)(C)[C@H](NC=O)O1. The van der Waals surface area contributed by atoms with Gasteiger partial charge in [0.05, 0.1) is 6.61 Å². The van der Waals surface area contributed by atoms with Crippen LogP contribution in [0.15, 0.2) is 0 Å². The van der Waals surface area contributed by atoms with Crippen LogP contribution >= 0.6 is 0 Å². The monoisotopic (exact) mass is 187 g/mol. The van der Waals surface area contributed by atoms with Gasteiger partial charge in [-0.1, -0.05) is 13.8 Å². The number of rotatable bonds is 2. The van der Waals surface area contributed by atoms with E-state index < -0.39 is 5.79 Å². The number of hydrogen-bond acceptors (Lipinski definition) is 3. The molecule has 76 valence electrons. The second-order valence-corrected chi connectivity index (χ2v) is 4.46. The highest BCUT2D eigenvalue weighted by Crippen LogP contribution is 2.32. The summed E-state index contributed by atoms with van der Waals surface area (Å²) in [6.45, 7) is 8.22. The van der Waals surface area contributed by atoms with Crippen LogP contribution in [-0.2, 0) is 14.3 Å². The van der Waals surface area contributed by atoms with Crippen molar-refractivity contribution in [2.24, 2.45) is 5.41 Å². The molecule has 1 heterocycles. The molecule has 4 heteroatoms. The topological polar surface area (TPSA) is 47.6 Å². The summed E-state index contributed by atoms with van der Waals surface area (Å²) >= 11 is 0. The van der Waals surface area contributed by atoms with Crippen molar-refractivity contribution in [1.29, 1.82) is 0 Å². The number of carbonyl (C=O) groups is 1. The highest BCUT2D eigenvalue weighted by atomic mass is 16.7. The Bertz CT molecular complexity index is 201. The average Bonchev–Trinajstić information content (AvgIpc) is 1.99. The maximum absolute atomic E-state index is 10.3. The molecule has 0 aromatic rings. The van der Waals surface area contributed by atoms with Crippen LogP contribution in [0.3, 0.4) is 0 Å². The summed E-state index contributed by atoms with van der Waals surface area (Å²) in [5.41, 5.74) is -0.184. The van der Waals surface area contributed by atoms with Gasteiger partial charge in [-0.3, -0.25) is 4.79 Å². The fourth-order valence-electron chi connectivity index (χ4n) is 1.23. The second kappa shape index (κ2) is 3.27. The van der Waals surface area contributed by atoms with Crippen molar-refractivity contribution in [2.45, 2.75) is 39.7 Å².